The first kappa shape index (κ1) is 11.7. The summed E-state index contributed by atoms with van der Waals surface area (Å²) in [5, 5.41) is 11.9. The van der Waals surface area contributed by atoms with E-state index in [9.17, 15) is 4.79 Å². The summed E-state index contributed by atoms with van der Waals surface area (Å²) in [5.74, 6) is 0.150. The lowest BCUT2D eigenvalue weighted by Crippen LogP contribution is -2.28. The summed E-state index contributed by atoms with van der Waals surface area (Å²) in [4.78, 5) is 11.6. The van der Waals surface area contributed by atoms with Gasteiger partial charge in [-0.05, 0) is 30.4 Å². The van der Waals surface area contributed by atoms with Crippen LogP contribution in [0.5, 0.6) is 0 Å². The second-order valence-corrected chi connectivity index (χ2v) is 4.44. The van der Waals surface area contributed by atoms with Crippen LogP contribution in [0.3, 0.4) is 0 Å². The number of hydrogen-bond donors (Lipinski definition) is 1. The molecule has 0 heterocycles. The molecule has 1 aromatic rings. The van der Waals surface area contributed by atoms with Gasteiger partial charge in [-0.15, -0.1) is 0 Å². The topological polar surface area (TPSA) is 52.9 Å². The van der Waals surface area contributed by atoms with Crippen LogP contribution in [0.25, 0.3) is 0 Å². The number of nitrogens with one attached hydrogen (secondary N) is 1. The zero-order valence-corrected chi connectivity index (χ0v) is 9.94. The average molecular weight is 228 g/mol. The summed E-state index contributed by atoms with van der Waals surface area (Å²) >= 11 is 0. The minimum absolute atomic E-state index is 0.0103. The van der Waals surface area contributed by atoms with E-state index in [1.54, 1.807) is 0 Å². The molecule has 17 heavy (non-hydrogen) atoms. The maximum absolute atomic E-state index is 11.6. The van der Waals surface area contributed by atoms with Crippen LogP contribution in [0.15, 0.2) is 24.3 Å². The van der Waals surface area contributed by atoms with Crippen LogP contribution in [0.4, 0.5) is 0 Å². The fraction of sp³-hybridized carbons (Fsp3) is 0.429. The van der Waals surface area contributed by atoms with Crippen LogP contribution >= 0.6 is 0 Å². The highest BCUT2D eigenvalue weighted by Crippen LogP contribution is 2.29. The van der Waals surface area contributed by atoms with Gasteiger partial charge in [-0.25, -0.2) is 0 Å². The zero-order valence-electron chi connectivity index (χ0n) is 9.94. The number of rotatable bonds is 4. The number of hydrogen-bond acceptors (Lipinski definition) is 2. The number of carbonyl (C=O) groups is 1. The summed E-state index contributed by atoms with van der Waals surface area (Å²) in [6.45, 7) is 2.09. The van der Waals surface area contributed by atoms with Gasteiger partial charge in [0.1, 0.15) is 6.04 Å². The van der Waals surface area contributed by atoms with E-state index in [4.69, 9.17) is 5.26 Å². The molecule has 1 fully saturated rings. The number of amides is 1. The maximum atomic E-state index is 11.6. The Morgan fingerprint density at radius 1 is 1.47 bits per heavy atom. The molecule has 2 rings (SSSR count). The van der Waals surface area contributed by atoms with Crippen LogP contribution < -0.4 is 5.32 Å². The molecule has 1 aliphatic rings. The SMILES string of the molecule is CCc1ccc(C(C#N)NC(=O)C2CC2)cc1. The molecule has 3 heteroatoms. The van der Waals surface area contributed by atoms with E-state index in [0.29, 0.717) is 0 Å². The highest BCUT2D eigenvalue weighted by molar-refractivity contribution is 5.81. The Bertz CT molecular complexity index is 440. The van der Waals surface area contributed by atoms with Gasteiger partial charge in [-0.3, -0.25) is 4.79 Å². The number of carbonyl (C=O) groups excluding carboxylic acids is 1. The molecule has 0 radical (unpaired) electrons. The van der Waals surface area contributed by atoms with Gasteiger partial charge in [-0.1, -0.05) is 31.2 Å². The first-order valence-corrected chi connectivity index (χ1v) is 6.03. The van der Waals surface area contributed by atoms with Gasteiger partial charge in [0.2, 0.25) is 5.91 Å². The number of aryl methyl sites for hydroxylation is 1. The van der Waals surface area contributed by atoms with Crippen LogP contribution in [-0.2, 0) is 11.2 Å². The van der Waals surface area contributed by atoms with Crippen molar-refractivity contribution in [2.75, 3.05) is 0 Å². The Labute approximate surface area is 101 Å². The second-order valence-electron chi connectivity index (χ2n) is 4.44. The van der Waals surface area contributed by atoms with Crippen LogP contribution in [0, 0.1) is 17.2 Å². The van der Waals surface area contributed by atoms with Crippen molar-refractivity contribution in [2.24, 2.45) is 5.92 Å². The van der Waals surface area contributed by atoms with Gasteiger partial charge >= 0.3 is 0 Å². The van der Waals surface area contributed by atoms with Crippen LogP contribution in [0.2, 0.25) is 0 Å². The molecule has 1 unspecified atom stereocenters. The molecule has 1 atom stereocenters. The molecular weight excluding hydrogens is 212 g/mol. The molecule has 1 aromatic carbocycles. The maximum Gasteiger partial charge on any atom is 0.224 e. The Kier molecular flexibility index (Phi) is 3.43. The van der Waals surface area contributed by atoms with Gasteiger partial charge in [0, 0.05) is 5.92 Å². The van der Waals surface area contributed by atoms with Crippen molar-refractivity contribution in [3.8, 4) is 6.07 Å². The monoisotopic (exact) mass is 228 g/mol. The Balaban J connectivity index is 2.06. The lowest BCUT2D eigenvalue weighted by Gasteiger charge is -2.12. The minimum Gasteiger partial charge on any atom is -0.336 e. The number of benzene rings is 1. The fourth-order valence-electron chi connectivity index (χ4n) is 1.74. The lowest BCUT2D eigenvalue weighted by molar-refractivity contribution is -0.122. The fourth-order valence-corrected chi connectivity index (χ4v) is 1.74. The summed E-state index contributed by atoms with van der Waals surface area (Å²) in [5.41, 5.74) is 2.10. The molecule has 1 amide bonds. The largest absolute Gasteiger partial charge is 0.336 e. The van der Waals surface area contributed by atoms with E-state index in [-0.39, 0.29) is 11.8 Å². The van der Waals surface area contributed by atoms with Gasteiger partial charge in [0.15, 0.2) is 0 Å². The van der Waals surface area contributed by atoms with E-state index in [0.717, 1.165) is 24.8 Å². The number of nitriles is 1. The number of nitrogens with zero attached hydrogens (tertiary/aromatic N) is 1. The molecule has 0 bridgehead atoms. The predicted molar refractivity (Wildman–Crippen MR) is 65.0 cm³/mol. The van der Waals surface area contributed by atoms with E-state index >= 15 is 0 Å². The van der Waals surface area contributed by atoms with Crippen LogP contribution in [-0.4, -0.2) is 5.91 Å². The van der Waals surface area contributed by atoms with E-state index < -0.39 is 6.04 Å². The highest BCUT2D eigenvalue weighted by atomic mass is 16.2. The van der Waals surface area contributed by atoms with Crippen molar-refractivity contribution in [3.63, 3.8) is 0 Å². The summed E-state index contributed by atoms with van der Waals surface area (Å²) in [7, 11) is 0. The van der Waals surface area contributed by atoms with Crippen LogP contribution in [0.1, 0.15) is 36.9 Å². The Hall–Kier alpha value is -1.82. The molecule has 3 nitrogen and oxygen atoms in total. The van der Waals surface area contributed by atoms with Crippen molar-refractivity contribution in [1.29, 1.82) is 5.26 Å². The molecule has 0 aromatic heterocycles. The van der Waals surface area contributed by atoms with E-state index in [1.165, 1.54) is 5.56 Å². The zero-order chi connectivity index (χ0) is 12.3. The van der Waals surface area contributed by atoms with Crippen molar-refractivity contribution in [1.82, 2.24) is 5.32 Å². The van der Waals surface area contributed by atoms with Gasteiger partial charge in [0.25, 0.3) is 0 Å². The van der Waals surface area contributed by atoms with Crippen molar-refractivity contribution in [2.45, 2.75) is 32.2 Å². The van der Waals surface area contributed by atoms with Gasteiger partial charge in [-0.2, -0.15) is 5.26 Å². The molecule has 0 saturated heterocycles. The van der Waals surface area contributed by atoms with Gasteiger partial charge < -0.3 is 5.32 Å². The van der Waals surface area contributed by atoms with Crippen molar-refractivity contribution in [3.05, 3.63) is 35.4 Å². The van der Waals surface area contributed by atoms with E-state index in [1.807, 2.05) is 24.3 Å². The molecule has 0 aliphatic heterocycles. The smallest absolute Gasteiger partial charge is 0.224 e. The highest BCUT2D eigenvalue weighted by Gasteiger charge is 2.31. The third-order valence-corrected chi connectivity index (χ3v) is 3.09. The molecule has 1 aliphatic carbocycles. The quantitative estimate of drug-likeness (QED) is 0.860. The third kappa shape index (κ3) is 2.85. The first-order chi connectivity index (χ1) is 8.24. The normalized spacial score (nSPS) is 16.0. The van der Waals surface area contributed by atoms with Crippen molar-refractivity contribution < 1.29 is 4.79 Å². The summed E-state index contributed by atoms with van der Waals surface area (Å²) in [6.07, 6.45) is 2.89. The first-order valence-electron chi connectivity index (χ1n) is 6.03. The second kappa shape index (κ2) is 5.01. The minimum atomic E-state index is -0.519. The Morgan fingerprint density at radius 3 is 2.59 bits per heavy atom. The molecule has 1 N–H and O–H groups in total. The van der Waals surface area contributed by atoms with E-state index in [2.05, 4.69) is 18.3 Å². The standard InChI is InChI=1S/C14H16N2O/c1-2-10-3-5-11(6-4-10)13(9-15)16-14(17)12-7-8-12/h3-6,12-13H,2,7-8H2,1H3,(H,16,17). The molecular formula is C14H16N2O. The molecule has 88 valence electrons. The molecule has 1 saturated carbocycles. The summed E-state index contributed by atoms with van der Waals surface area (Å²) in [6, 6.07) is 9.46. The lowest BCUT2D eigenvalue weighted by atomic mass is 10.0. The molecule has 0 spiro atoms. The van der Waals surface area contributed by atoms with Crippen molar-refractivity contribution >= 4 is 5.91 Å². The third-order valence-electron chi connectivity index (χ3n) is 3.09. The summed E-state index contributed by atoms with van der Waals surface area (Å²) < 4.78 is 0. The van der Waals surface area contributed by atoms with Gasteiger partial charge in [0.05, 0.1) is 6.07 Å². The Morgan fingerprint density at radius 2 is 2.12 bits per heavy atom. The predicted octanol–water partition coefficient (Wildman–Crippen LogP) is 2.34. The average Bonchev–Trinajstić information content (AvgIpc) is 3.20.